The van der Waals surface area contributed by atoms with Gasteiger partial charge in [-0.05, 0) is 36.8 Å². The minimum absolute atomic E-state index is 0.312. The summed E-state index contributed by atoms with van der Waals surface area (Å²) in [5.74, 6) is -0.312. The average molecular weight is 263 g/mol. The lowest BCUT2D eigenvalue weighted by atomic mass is 10.2. The van der Waals surface area contributed by atoms with Gasteiger partial charge in [-0.25, -0.2) is 0 Å². The third kappa shape index (κ3) is 2.60. The van der Waals surface area contributed by atoms with Crippen LogP contribution in [0.5, 0.6) is 0 Å². The van der Waals surface area contributed by atoms with E-state index in [0.29, 0.717) is 28.4 Å². The molecular formula is C13H11ClN2O2. The van der Waals surface area contributed by atoms with Crippen molar-refractivity contribution >= 4 is 29.5 Å². The molecule has 1 amide bonds. The van der Waals surface area contributed by atoms with E-state index >= 15 is 0 Å². The van der Waals surface area contributed by atoms with Crippen LogP contribution < -0.4 is 5.32 Å². The Kier molecular flexibility index (Phi) is 3.48. The van der Waals surface area contributed by atoms with Crippen molar-refractivity contribution < 1.29 is 9.59 Å². The molecule has 92 valence electrons. The molecule has 0 radical (unpaired) electrons. The summed E-state index contributed by atoms with van der Waals surface area (Å²) in [4.78, 5) is 25.1. The first-order valence-corrected chi connectivity index (χ1v) is 5.69. The zero-order valence-corrected chi connectivity index (χ0v) is 10.4. The molecule has 1 aromatic carbocycles. The molecule has 4 nitrogen and oxygen atoms in total. The first kappa shape index (κ1) is 12.4. The number of rotatable bonds is 3. The summed E-state index contributed by atoms with van der Waals surface area (Å²) in [6.45, 7) is 1.87. The molecule has 2 aromatic rings. The quantitative estimate of drug-likeness (QED) is 0.835. The number of anilines is 1. The number of carbonyl (C=O) groups excluding carboxylic acids is 2. The highest BCUT2D eigenvalue weighted by Gasteiger charge is 2.10. The summed E-state index contributed by atoms with van der Waals surface area (Å²) >= 11 is 5.87. The lowest BCUT2D eigenvalue weighted by molar-refractivity contribution is 0.102. The minimum Gasteiger partial charge on any atom is -0.348 e. The summed E-state index contributed by atoms with van der Waals surface area (Å²) in [5, 5.41) is 3.29. The van der Waals surface area contributed by atoms with Crippen molar-refractivity contribution in [3.8, 4) is 0 Å². The number of hydrogen-bond acceptors (Lipinski definition) is 2. The van der Waals surface area contributed by atoms with Gasteiger partial charge in [-0.15, -0.1) is 0 Å². The monoisotopic (exact) mass is 262 g/mol. The van der Waals surface area contributed by atoms with E-state index < -0.39 is 0 Å². The molecule has 2 N–H and O–H groups in total. The molecule has 0 saturated carbocycles. The smallest absolute Gasteiger partial charge is 0.272 e. The third-order valence-corrected chi connectivity index (χ3v) is 2.76. The summed E-state index contributed by atoms with van der Waals surface area (Å²) < 4.78 is 0. The van der Waals surface area contributed by atoms with E-state index in [2.05, 4.69) is 10.3 Å². The Morgan fingerprint density at radius 1 is 1.33 bits per heavy atom. The Morgan fingerprint density at radius 2 is 2.11 bits per heavy atom. The van der Waals surface area contributed by atoms with Crippen LogP contribution in [-0.4, -0.2) is 17.2 Å². The van der Waals surface area contributed by atoms with Crippen LogP contribution in [0.25, 0.3) is 0 Å². The molecular weight excluding hydrogens is 252 g/mol. The molecule has 0 fully saturated rings. The Morgan fingerprint density at radius 3 is 2.78 bits per heavy atom. The van der Waals surface area contributed by atoms with Crippen molar-refractivity contribution in [1.29, 1.82) is 0 Å². The number of H-pyrrole nitrogens is 1. The number of hydrogen-bond donors (Lipinski definition) is 2. The predicted molar refractivity (Wildman–Crippen MR) is 70.3 cm³/mol. The van der Waals surface area contributed by atoms with Gasteiger partial charge in [0.15, 0.2) is 6.29 Å². The van der Waals surface area contributed by atoms with E-state index in [1.807, 2.05) is 13.0 Å². The summed E-state index contributed by atoms with van der Waals surface area (Å²) in [7, 11) is 0. The number of aromatic amines is 1. The van der Waals surface area contributed by atoms with Crippen LogP contribution in [0.1, 0.15) is 26.5 Å². The molecule has 1 heterocycles. The molecule has 0 unspecified atom stereocenters. The van der Waals surface area contributed by atoms with E-state index in [-0.39, 0.29) is 5.91 Å². The van der Waals surface area contributed by atoms with Crippen LogP contribution in [0.2, 0.25) is 5.02 Å². The van der Waals surface area contributed by atoms with Gasteiger partial charge in [0.25, 0.3) is 5.91 Å². The van der Waals surface area contributed by atoms with Gasteiger partial charge in [0, 0.05) is 10.7 Å². The van der Waals surface area contributed by atoms with Gasteiger partial charge >= 0.3 is 0 Å². The molecule has 0 atom stereocenters. The molecule has 0 bridgehead atoms. The fourth-order valence-corrected chi connectivity index (χ4v) is 1.70. The van der Waals surface area contributed by atoms with Gasteiger partial charge in [0.2, 0.25) is 0 Å². The van der Waals surface area contributed by atoms with Crippen molar-refractivity contribution in [2.75, 3.05) is 5.32 Å². The zero-order valence-electron chi connectivity index (χ0n) is 9.66. The molecule has 5 heteroatoms. The SMILES string of the molecule is Cc1ccc(Cl)cc1NC(=O)c1ccc(C=O)[nH]1. The van der Waals surface area contributed by atoms with Gasteiger partial charge < -0.3 is 10.3 Å². The standard InChI is InChI=1S/C13H11ClN2O2/c1-8-2-3-9(14)6-12(8)16-13(18)11-5-4-10(7-17)15-11/h2-7,15H,1H3,(H,16,18). The molecule has 0 saturated heterocycles. The van der Waals surface area contributed by atoms with Gasteiger partial charge in [-0.3, -0.25) is 9.59 Å². The maximum Gasteiger partial charge on any atom is 0.272 e. The van der Waals surface area contributed by atoms with Crippen molar-refractivity contribution in [2.45, 2.75) is 6.92 Å². The fourth-order valence-electron chi connectivity index (χ4n) is 1.53. The topological polar surface area (TPSA) is 62.0 Å². The number of nitrogens with one attached hydrogen (secondary N) is 2. The normalized spacial score (nSPS) is 10.1. The highest BCUT2D eigenvalue weighted by molar-refractivity contribution is 6.31. The number of benzene rings is 1. The van der Waals surface area contributed by atoms with Gasteiger partial charge in [-0.2, -0.15) is 0 Å². The molecule has 1 aromatic heterocycles. The van der Waals surface area contributed by atoms with Crippen molar-refractivity contribution in [2.24, 2.45) is 0 Å². The second-order valence-corrected chi connectivity index (χ2v) is 4.30. The number of aryl methyl sites for hydroxylation is 1. The first-order chi connectivity index (χ1) is 8.60. The Bertz CT molecular complexity index is 605. The van der Waals surface area contributed by atoms with Crippen LogP contribution in [-0.2, 0) is 0 Å². The molecule has 0 spiro atoms. The van der Waals surface area contributed by atoms with E-state index in [1.165, 1.54) is 0 Å². The summed E-state index contributed by atoms with van der Waals surface area (Å²) in [6, 6.07) is 8.36. The maximum atomic E-state index is 11.9. The third-order valence-electron chi connectivity index (χ3n) is 2.53. The van der Waals surface area contributed by atoms with Crippen molar-refractivity contribution in [1.82, 2.24) is 4.98 Å². The largest absolute Gasteiger partial charge is 0.348 e. The minimum atomic E-state index is -0.312. The molecule has 2 rings (SSSR count). The van der Waals surface area contributed by atoms with Crippen molar-refractivity contribution in [3.05, 3.63) is 52.3 Å². The van der Waals surface area contributed by atoms with Gasteiger partial charge in [0.05, 0.1) is 5.69 Å². The Balaban J connectivity index is 2.20. The van der Waals surface area contributed by atoms with Crippen LogP contribution in [0.15, 0.2) is 30.3 Å². The lowest BCUT2D eigenvalue weighted by Gasteiger charge is -2.07. The fraction of sp³-hybridized carbons (Fsp3) is 0.0769. The molecule has 18 heavy (non-hydrogen) atoms. The predicted octanol–water partition coefficient (Wildman–Crippen LogP) is 3.04. The van der Waals surface area contributed by atoms with Crippen LogP contribution in [0.4, 0.5) is 5.69 Å². The second kappa shape index (κ2) is 5.06. The summed E-state index contributed by atoms with van der Waals surface area (Å²) in [5.41, 5.74) is 2.25. The number of amides is 1. The van der Waals surface area contributed by atoms with Crippen LogP contribution in [0.3, 0.4) is 0 Å². The van der Waals surface area contributed by atoms with E-state index in [9.17, 15) is 9.59 Å². The number of aromatic nitrogens is 1. The van der Waals surface area contributed by atoms with Crippen molar-refractivity contribution in [3.63, 3.8) is 0 Å². The molecule has 0 aliphatic rings. The number of carbonyl (C=O) groups is 2. The van der Waals surface area contributed by atoms with E-state index in [4.69, 9.17) is 11.6 Å². The highest BCUT2D eigenvalue weighted by atomic mass is 35.5. The zero-order chi connectivity index (χ0) is 13.1. The lowest BCUT2D eigenvalue weighted by Crippen LogP contribution is -2.13. The summed E-state index contributed by atoms with van der Waals surface area (Å²) in [6.07, 6.45) is 0.654. The molecule has 0 aliphatic heterocycles. The van der Waals surface area contributed by atoms with E-state index in [0.717, 1.165) is 5.56 Å². The first-order valence-electron chi connectivity index (χ1n) is 5.32. The second-order valence-electron chi connectivity index (χ2n) is 3.86. The molecule has 0 aliphatic carbocycles. The van der Waals surface area contributed by atoms with Crippen LogP contribution in [0, 0.1) is 6.92 Å². The number of aldehydes is 1. The maximum absolute atomic E-state index is 11.9. The van der Waals surface area contributed by atoms with Gasteiger partial charge in [-0.1, -0.05) is 17.7 Å². The van der Waals surface area contributed by atoms with Crippen LogP contribution >= 0.6 is 11.6 Å². The van der Waals surface area contributed by atoms with Gasteiger partial charge in [0.1, 0.15) is 5.69 Å². The Hall–Kier alpha value is -2.07. The average Bonchev–Trinajstić information content (AvgIpc) is 2.82. The Labute approximate surface area is 109 Å². The van der Waals surface area contributed by atoms with E-state index in [1.54, 1.807) is 24.3 Å². The highest BCUT2D eigenvalue weighted by Crippen LogP contribution is 2.20. The number of halogens is 1.